The Morgan fingerprint density at radius 2 is 2.00 bits per heavy atom. The maximum absolute atomic E-state index is 11.4. The molecule has 1 aromatic carbocycles. The Balaban J connectivity index is 1.76. The molecule has 0 spiro atoms. The fourth-order valence-electron chi connectivity index (χ4n) is 2.24. The molecule has 1 aliphatic rings. The molecular formula is C15H18O2. The molecule has 1 aliphatic carbocycles. The first-order valence-electron chi connectivity index (χ1n) is 6.05. The summed E-state index contributed by atoms with van der Waals surface area (Å²) >= 11 is 0. The third-order valence-electron chi connectivity index (χ3n) is 2.97. The maximum Gasteiger partial charge on any atom is 0.156 e. The van der Waals surface area contributed by atoms with Crippen LogP contribution in [-0.4, -0.2) is 12.4 Å². The first kappa shape index (κ1) is 12.1. The third kappa shape index (κ3) is 3.82. The standard InChI is InChI=1S/C15H18O2/c1-12-7-14(9-15(16)8-12)11-17-10-13-5-3-2-4-6-13/h2-6,8,14H,7,9-11H2,1H3/t14-/m1/s1. The van der Waals surface area contributed by atoms with Crippen LogP contribution in [0.5, 0.6) is 0 Å². The molecule has 1 atom stereocenters. The lowest BCUT2D eigenvalue weighted by molar-refractivity contribution is -0.116. The lowest BCUT2D eigenvalue weighted by atomic mass is 9.89. The van der Waals surface area contributed by atoms with Crippen LogP contribution in [0.25, 0.3) is 0 Å². The van der Waals surface area contributed by atoms with Crippen LogP contribution < -0.4 is 0 Å². The van der Waals surface area contributed by atoms with E-state index in [0.717, 1.165) is 6.42 Å². The lowest BCUT2D eigenvalue weighted by Gasteiger charge is -2.20. The van der Waals surface area contributed by atoms with E-state index in [-0.39, 0.29) is 5.78 Å². The van der Waals surface area contributed by atoms with E-state index in [4.69, 9.17) is 4.74 Å². The van der Waals surface area contributed by atoms with E-state index in [1.807, 2.05) is 25.1 Å². The van der Waals surface area contributed by atoms with E-state index >= 15 is 0 Å². The SMILES string of the molecule is CC1=CC(=O)C[C@H](COCc2ccccc2)C1. The normalized spacial score (nSPS) is 20.2. The number of rotatable bonds is 4. The number of carbonyl (C=O) groups excluding carboxylic acids is 1. The maximum atomic E-state index is 11.4. The van der Waals surface area contributed by atoms with Crippen LogP contribution >= 0.6 is 0 Å². The minimum Gasteiger partial charge on any atom is -0.376 e. The Bertz CT molecular complexity index is 406. The van der Waals surface area contributed by atoms with Gasteiger partial charge in [0.2, 0.25) is 0 Å². The van der Waals surface area contributed by atoms with Gasteiger partial charge in [0.15, 0.2) is 5.78 Å². The molecule has 0 N–H and O–H groups in total. The van der Waals surface area contributed by atoms with E-state index in [9.17, 15) is 4.79 Å². The van der Waals surface area contributed by atoms with Crippen molar-refractivity contribution >= 4 is 5.78 Å². The van der Waals surface area contributed by atoms with Gasteiger partial charge in [0.25, 0.3) is 0 Å². The topological polar surface area (TPSA) is 26.3 Å². The molecule has 0 unspecified atom stereocenters. The second-order valence-corrected chi connectivity index (χ2v) is 4.73. The molecule has 0 heterocycles. The summed E-state index contributed by atoms with van der Waals surface area (Å²) in [5.74, 6) is 0.596. The molecule has 2 rings (SSSR count). The smallest absolute Gasteiger partial charge is 0.156 e. The summed E-state index contributed by atoms with van der Waals surface area (Å²) in [4.78, 5) is 11.4. The number of hydrogen-bond acceptors (Lipinski definition) is 2. The highest BCUT2D eigenvalue weighted by molar-refractivity contribution is 5.91. The van der Waals surface area contributed by atoms with Gasteiger partial charge in [-0.2, -0.15) is 0 Å². The van der Waals surface area contributed by atoms with Gasteiger partial charge in [-0.1, -0.05) is 35.9 Å². The molecule has 0 aromatic heterocycles. The Kier molecular flexibility index (Phi) is 4.10. The zero-order chi connectivity index (χ0) is 12.1. The molecule has 17 heavy (non-hydrogen) atoms. The van der Waals surface area contributed by atoms with Crippen LogP contribution in [0.4, 0.5) is 0 Å². The Labute approximate surface area is 102 Å². The molecule has 90 valence electrons. The summed E-state index contributed by atoms with van der Waals surface area (Å²) in [5, 5.41) is 0. The summed E-state index contributed by atoms with van der Waals surface area (Å²) in [6.07, 6.45) is 3.38. The monoisotopic (exact) mass is 230 g/mol. The van der Waals surface area contributed by atoms with Crippen molar-refractivity contribution in [3.8, 4) is 0 Å². The van der Waals surface area contributed by atoms with Crippen LogP contribution in [0.1, 0.15) is 25.3 Å². The van der Waals surface area contributed by atoms with Crippen molar-refractivity contribution in [2.24, 2.45) is 5.92 Å². The quantitative estimate of drug-likeness (QED) is 0.794. The van der Waals surface area contributed by atoms with Crippen molar-refractivity contribution < 1.29 is 9.53 Å². The van der Waals surface area contributed by atoms with Crippen LogP contribution in [0.3, 0.4) is 0 Å². The number of allylic oxidation sites excluding steroid dienone is 2. The predicted molar refractivity (Wildman–Crippen MR) is 67.6 cm³/mol. The highest BCUT2D eigenvalue weighted by Gasteiger charge is 2.18. The van der Waals surface area contributed by atoms with Crippen molar-refractivity contribution in [2.45, 2.75) is 26.4 Å². The largest absolute Gasteiger partial charge is 0.376 e. The fraction of sp³-hybridized carbons (Fsp3) is 0.400. The molecule has 0 fully saturated rings. The summed E-state index contributed by atoms with van der Waals surface area (Å²) in [5.41, 5.74) is 2.36. The number of ether oxygens (including phenoxy) is 1. The Morgan fingerprint density at radius 1 is 1.24 bits per heavy atom. The van der Waals surface area contributed by atoms with Crippen LogP contribution in [0.15, 0.2) is 42.0 Å². The average Bonchev–Trinajstić information content (AvgIpc) is 2.29. The van der Waals surface area contributed by atoms with Gasteiger partial charge in [0.05, 0.1) is 13.2 Å². The van der Waals surface area contributed by atoms with Crippen molar-refractivity contribution in [2.75, 3.05) is 6.61 Å². The second-order valence-electron chi connectivity index (χ2n) is 4.73. The molecule has 0 amide bonds. The molecule has 0 saturated carbocycles. The highest BCUT2D eigenvalue weighted by atomic mass is 16.5. The van der Waals surface area contributed by atoms with E-state index in [1.165, 1.54) is 11.1 Å². The minimum absolute atomic E-state index is 0.238. The number of ketones is 1. The minimum atomic E-state index is 0.238. The van der Waals surface area contributed by atoms with Crippen LogP contribution in [-0.2, 0) is 16.1 Å². The molecule has 2 nitrogen and oxygen atoms in total. The van der Waals surface area contributed by atoms with Crippen LogP contribution in [0.2, 0.25) is 0 Å². The zero-order valence-corrected chi connectivity index (χ0v) is 10.2. The van der Waals surface area contributed by atoms with Crippen molar-refractivity contribution in [1.82, 2.24) is 0 Å². The molecule has 0 aliphatic heterocycles. The fourth-order valence-corrected chi connectivity index (χ4v) is 2.24. The molecule has 2 heteroatoms. The molecular weight excluding hydrogens is 212 g/mol. The van der Waals surface area contributed by atoms with E-state index < -0.39 is 0 Å². The predicted octanol–water partition coefficient (Wildman–Crippen LogP) is 3.13. The molecule has 0 radical (unpaired) electrons. The van der Waals surface area contributed by atoms with Gasteiger partial charge < -0.3 is 4.74 Å². The van der Waals surface area contributed by atoms with Gasteiger partial charge in [0.1, 0.15) is 0 Å². The summed E-state index contributed by atoms with van der Waals surface area (Å²) in [6, 6.07) is 10.1. The van der Waals surface area contributed by atoms with Gasteiger partial charge in [-0.15, -0.1) is 0 Å². The van der Waals surface area contributed by atoms with Crippen molar-refractivity contribution in [3.05, 3.63) is 47.5 Å². The van der Waals surface area contributed by atoms with Gasteiger partial charge >= 0.3 is 0 Å². The van der Waals surface area contributed by atoms with Crippen molar-refractivity contribution in [1.29, 1.82) is 0 Å². The molecule has 0 saturated heterocycles. The molecule has 1 aromatic rings. The second kappa shape index (κ2) is 5.78. The molecule has 0 bridgehead atoms. The lowest BCUT2D eigenvalue weighted by Crippen LogP contribution is -2.18. The summed E-state index contributed by atoms with van der Waals surface area (Å²) < 4.78 is 5.68. The first-order chi connectivity index (χ1) is 8.24. The van der Waals surface area contributed by atoms with Gasteiger partial charge in [-0.05, 0) is 30.9 Å². The van der Waals surface area contributed by atoms with Crippen LogP contribution in [0, 0.1) is 5.92 Å². The van der Waals surface area contributed by atoms with Gasteiger partial charge in [0, 0.05) is 6.42 Å². The number of hydrogen-bond donors (Lipinski definition) is 0. The number of benzene rings is 1. The highest BCUT2D eigenvalue weighted by Crippen LogP contribution is 2.22. The van der Waals surface area contributed by atoms with Crippen molar-refractivity contribution in [3.63, 3.8) is 0 Å². The van der Waals surface area contributed by atoms with E-state index in [0.29, 0.717) is 25.6 Å². The van der Waals surface area contributed by atoms with E-state index in [2.05, 4.69) is 12.1 Å². The summed E-state index contributed by atoms with van der Waals surface area (Å²) in [6.45, 7) is 3.32. The number of carbonyl (C=O) groups is 1. The van der Waals surface area contributed by atoms with Gasteiger partial charge in [-0.25, -0.2) is 0 Å². The zero-order valence-electron chi connectivity index (χ0n) is 10.2. The first-order valence-corrected chi connectivity index (χ1v) is 6.05. The van der Waals surface area contributed by atoms with Gasteiger partial charge in [-0.3, -0.25) is 4.79 Å². The Hall–Kier alpha value is -1.41. The average molecular weight is 230 g/mol. The third-order valence-corrected chi connectivity index (χ3v) is 2.97. The Morgan fingerprint density at radius 3 is 2.71 bits per heavy atom. The summed E-state index contributed by atoms with van der Waals surface area (Å²) in [7, 11) is 0. The van der Waals surface area contributed by atoms with E-state index in [1.54, 1.807) is 6.08 Å².